The second-order valence-electron chi connectivity index (χ2n) is 9.17. The average Bonchev–Trinajstić information content (AvgIpc) is 3.35. The maximum Gasteiger partial charge on any atom is 0.433 e. The highest BCUT2D eigenvalue weighted by Gasteiger charge is 2.37. The monoisotopic (exact) mass is 522 g/mol. The third-order valence-electron chi connectivity index (χ3n) is 6.67. The highest BCUT2D eigenvalue weighted by molar-refractivity contribution is 5.99. The molecule has 1 atom stereocenters. The van der Waals surface area contributed by atoms with E-state index in [-0.39, 0.29) is 29.4 Å². The number of ether oxygens (including phenoxy) is 1. The molecule has 0 radical (unpaired) electrons. The second kappa shape index (κ2) is 10.7. The number of aromatic nitrogens is 3. The molecule has 196 valence electrons. The lowest BCUT2D eigenvalue weighted by Crippen LogP contribution is -2.48. The Labute approximate surface area is 217 Å². The Hall–Kier alpha value is -4.17. The summed E-state index contributed by atoms with van der Waals surface area (Å²) in [5.74, 6) is -0.357. The number of carbonyl (C=O) groups excluding carboxylic acids is 1. The number of amides is 1. The zero-order valence-electron chi connectivity index (χ0n) is 20.4. The number of carbonyl (C=O) groups is 1. The summed E-state index contributed by atoms with van der Waals surface area (Å²) >= 11 is 0. The van der Waals surface area contributed by atoms with Crippen molar-refractivity contribution in [2.75, 3.05) is 32.8 Å². The Kier molecular flexibility index (Phi) is 7.15. The van der Waals surface area contributed by atoms with Crippen LogP contribution in [0.4, 0.5) is 13.2 Å². The van der Waals surface area contributed by atoms with Gasteiger partial charge in [0.15, 0.2) is 12.3 Å². The van der Waals surface area contributed by atoms with E-state index in [1.807, 2.05) is 24.3 Å². The Balaban J connectivity index is 1.37. The van der Waals surface area contributed by atoms with E-state index < -0.39 is 17.8 Å². The lowest BCUT2D eigenvalue weighted by atomic mass is 9.95. The third kappa shape index (κ3) is 5.40. The number of halogens is 3. The molecular weight excluding hydrogens is 497 g/mol. The standard InChI is InChI=1S/C27H25F3N6O2/c28-27(29,30)24-16-23(20-6-8-21(9-7-20)38-15-10-31)33-25-22(17-32-36(24)25)26(37)35-13-11-34(12-14-35)18-19-4-2-1-3-5-19/h1-6,8-9,16-17,20H,7,11-15,18H2. The van der Waals surface area contributed by atoms with Gasteiger partial charge in [-0.05, 0) is 30.2 Å². The van der Waals surface area contributed by atoms with Gasteiger partial charge in [-0.1, -0.05) is 36.4 Å². The molecule has 38 heavy (non-hydrogen) atoms. The van der Waals surface area contributed by atoms with E-state index >= 15 is 0 Å². The van der Waals surface area contributed by atoms with Crippen molar-refractivity contribution in [1.82, 2.24) is 24.4 Å². The van der Waals surface area contributed by atoms with Gasteiger partial charge in [0.05, 0.1) is 11.9 Å². The van der Waals surface area contributed by atoms with Crippen LogP contribution in [0.2, 0.25) is 0 Å². The molecule has 0 saturated carbocycles. The molecule has 11 heteroatoms. The quantitative estimate of drug-likeness (QED) is 0.483. The van der Waals surface area contributed by atoms with Crippen molar-refractivity contribution >= 4 is 11.6 Å². The number of hydrogen-bond acceptors (Lipinski definition) is 6. The van der Waals surface area contributed by atoms with Gasteiger partial charge in [0.2, 0.25) is 0 Å². The number of nitriles is 1. The maximum absolute atomic E-state index is 14.0. The highest BCUT2D eigenvalue weighted by Crippen LogP contribution is 2.34. The van der Waals surface area contributed by atoms with Crippen molar-refractivity contribution in [3.63, 3.8) is 0 Å². The first-order chi connectivity index (χ1) is 18.3. The Morgan fingerprint density at radius 3 is 2.58 bits per heavy atom. The molecule has 1 aliphatic heterocycles. The molecule has 0 spiro atoms. The molecule has 8 nitrogen and oxygen atoms in total. The van der Waals surface area contributed by atoms with Crippen LogP contribution in [-0.4, -0.2) is 63.1 Å². The molecule has 2 aromatic heterocycles. The molecule has 1 fully saturated rings. The van der Waals surface area contributed by atoms with Crippen LogP contribution in [0.5, 0.6) is 0 Å². The number of alkyl halides is 3. The van der Waals surface area contributed by atoms with E-state index in [0.717, 1.165) is 12.6 Å². The summed E-state index contributed by atoms with van der Waals surface area (Å²) in [5.41, 5.74) is 0.298. The number of fused-ring (bicyclic) bond motifs is 1. The van der Waals surface area contributed by atoms with Crippen LogP contribution in [-0.2, 0) is 17.5 Å². The molecule has 3 aromatic rings. The first-order valence-corrected chi connectivity index (χ1v) is 12.2. The molecule has 5 rings (SSSR count). The number of benzene rings is 1. The fourth-order valence-electron chi connectivity index (χ4n) is 4.69. The molecule has 1 amide bonds. The van der Waals surface area contributed by atoms with Gasteiger partial charge in [-0.2, -0.15) is 23.5 Å². The first kappa shape index (κ1) is 25.5. The smallest absolute Gasteiger partial charge is 0.433 e. The van der Waals surface area contributed by atoms with Gasteiger partial charge in [-0.3, -0.25) is 9.69 Å². The fourth-order valence-corrected chi connectivity index (χ4v) is 4.69. The van der Waals surface area contributed by atoms with Crippen molar-refractivity contribution in [1.29, 1.82) is 5.26 Å². The molecule has 1 aromatic carbocycles. The minimum Gasteiger partial charge on any atom is -0.479 e. The highest BCUT2D eigenvalue weighted by atomic mass is 19.4. The van der Waals surface area contributed by atoms with Crippen molar-refractivity contribution < 1.29 is 22.7 Å². The number of piperazine rings is 1. The summed E-state index contributed by atoms with van der Waals surface area (Å²) in [5, 5.41) is 12.6. The van der Waals surface area contributed by atoms with E-state index in [4.69, 9.17) is 10.00 Å². The number of allylic oxidation sites excluding steroid dienone is 3. The molecule has 1 aliphatic carbocycles. The summed E-state index contributed by atoms with van der Waals surface area (Å²) in [6.07, 6.45) is 1.83. The Bertz CT molecular complexity index is 1420. The second-order valence-corrected chi connectivity index (χ2v) is 9.17. The average molecular weight is 523 g/mol. The number of nitrogens with zero attached hydrogens (tertiary/aromatic N) is 6. The molecule has 0 N–H and O–H groups in total. The fraction of sp³-hybridized carbons (Fsp3) is 0.333. The van der Waals surface area contributed by atoms with Crippen molar-refractivity contribution in [2.45, 2.75) is 25.1 Å². The molecule has 0 bridgehead atoms. The van der Waals surface area contributed by atoms with Gasteiger partial charge < -0.3 is 9.64 Å². The topological polar surface area (TPSA) is 86.8 Å². The molecule has 1 unspecified atom stereocenters. The molecule has 3 heterocycles. The van der Waals surface area contributed by atoms with Crippen LogP contribution in [0.3, 0.4) is 0 Å². The molecule has 2 aliphatic rings. The van der Waals surface area contributed by atoms with Crippen LogP contribution in [0.1, 0.15) is 39.6 Å². The van der Waals surface area contributed by atoms with E-state index in [1.54, 1.807) is 23.1 Å². The molecular formula is C27H25F3N6O2. The predicted molar refractivity (Wildman–Crippen MR) is 132 cm³/mol. The van der Waals surface area contributed by atoms with Crippen LogP contribution >= 0.6 is 0 Å². The Morgan fingerprint density at radius 2 is 1.92 bits per heavy atom. The molecule has 1 saturated heterocycles. The van der Waals surface area contributed by atoms with Crippen LogP contribution in [0.15, 0.2) is 66.6 Å². The van der Waals surface area contributed by atoms with Gasteiger partial charge in [0, 0.05) is 38.6 Å². The van der Waals surface area contributed by atoms with Crippen molar-refractivity contribution in [3.8, 4) is 6.07 Å². The van der Waals surface area contributed by atoms with Gasteiger partial charge >= 0.3 is 6.18 Å². The summed E-state index contributed by atoms with van der Waals surface area (Å²) < 4.78 is 47.9. The van der Waals surface area contributed by atoms with Crippen LogP contribution < -0.4 is 0 Å². The van der Waals surface area contributed by atoms with Crippen LogP contribution in [0.25, 0.3) is 5.65 Å². The predicted octanol–water partition coefficient (Wildman–Crippen LogP) is 4.17. The van der Waals surface area contributed by atoms with E-state index in [2.05, 4.69) is 27.1 Å². The van der Waals surface area contributed by atoms with Gasteiger partial charge in [0.1, 0.15) is 23.1 Å². The van der Waals surface area contributed by atoms with E-state index in [0.29, 0.717) is 42.9 Å². The minimum atomic E-state index is -4.69. The zero-order chi connectivity index (χ0) is 26.7. The van der Waals surface area contributed by atoms with Gasteiger partial charge in [0.25, 0.3) is 5.91 Å². The van der Waals surface area contributed by atoms with Crippen molar-refractivity contribution in [3.05, 3.63) is 89.1 Å². The summed E-state index contributed by atoms with van der Waals surface area (Å²) in [7, 11) is 0. The lowest BCUT2D eigenvalue weighted by molar-refractivity contribution is -0.142. The van der Waals surface area contributed by atoms with Gasteiger partial charge in [-0.15, -0.1) is 0 Å². The van der Waals surface area contributed by atoms with Gasteiger partial charge in [-0.25, -0.2) is 9.50 Å². The van der Waals surface area contributed by atoms with E-state index in [1.165, 1.54) is 11.8 Å². The largest absolute Gasteiger partial charge is 0.479 e. The normalized spacial score (nSPS) is 18.3. The zero-order valence-corrected chi connectivity index (χ0v) is 20.4. The summed E-state index contributed by atoms with van der Waals surface area (Å²) in [6.45, 7) is 2.87. The summed E-state index contributed by atoms with van der Waals surface area (Å²) in [6, 6.07) is 12.9. The van der Waals surface area contributed by atoms with Crippen LogP contribution in [0, 0.1) is 11.3 Å². The maximum atomic E-state index is 14.0. The lowest BCUT2D eigenvalue weighted by Gasteiger charge is -2.34. The van der Waals surface area contributed by atoms with Crippen molar-refractivity contribution in [2.24, 2.45) is 0 Å². The minimum absolute atomic E-state index is 0.0437. The summed E-state index contributed by atoms with van der Waals surface area (Å²) in [4.78, 5) is 21.8. The number of rotatable bonds is 6. The first-order valence-electron chi connectivity index (χ1n) is 12.2. The van der Waals surface area contributed by atoms with E-state index in [9.17, 15) is 18.0 Å². The Morgan fingerprint density at radius 1 is 1.16 bits per heavy atom. The third-order valence-corrected chi connectivity index (χ3v) is 6.67. The SMILES string of the molecule is N#CCOC1=CCC(c2cc(C(F)(F)F)n3ncc(C(=O)N4CCN(Cc5ccccc5)CC4)c3n2)C=C1. The number of hydrogen-bond donors (Lipinski definition) is 0.